The first kappa shape index (κ1) is 32.2. The van der Waals surface area contributed by atoms with Gasteiger partial charge in [-0.3, -0.25) is 0 Å². The molecular formula is C52H34GeN4. The summed E-state index contributed by atoms with van der Waals surface area (Å²) in [5.74, 6) is 1.69. The van der Waals surface area contributed by atoms with Crippen molar-refractivity contribution >= 4 is 74.5 Å². The molecule has 0 unspecified atom stereocenters. The van der Waals surface area contributed by atoms with Gasteiger partial charge in [0.05, 0.1) is 0 Å². The molecule has 5 heteroatoms. The molecule has 0 spiro atoms. The van der Waals surface area contributed by atoms with Crippen molar-refractivity contribution in [2.24, 2.45) is 0 Å². The predicted molar refractivity (Wildman–Crippen MR) is 239 cm³/mol. The fourth-order valence-corrected chi connectivity index (χ4v) is 20.6. The van der Waals surface area contributed by atoms with Crippen molar-refractivity contribution in [1.29, 1.82) is 0 Å². The van der Waals surface area contributed by atoms with E-state index in [0.717, 1.165) is 39.6 Å². The summed E-state index contributed by atoms with van der Waals surface area (Å²) in [6.45, 7) is 0. The SMILES string of the molecule is c1ccc(-c2nc3[c](c(-n4c5ccccc5c5c6c7ccccc7n(-c7ccccc7)c6ccc54)n2)[Ge]([c]2ccccc2)([c]2ccccc2)[c]2ccccc2-3)cc1. The second-order valence-corrected chi connectivity index (χ2v) is 22.6. The van der Waals surface area contributed by atoms with Crippen LogP contribution in [0.5, 0.6) is 0 Å². The van der Waals surface area contributed by atoms with Gasteiger partial charge in [-0.05, 0) is 0 Å². The van der Waals surface area contributed by atoms with Crippen molar-refractivity contribution in [3.05, 3.63) is 206 Å². The number of fused-ring (bicyclic) bond motifs is 10. The molecule has 12 rings (SSSR count). The van der Waals surface area contributed by atoms with Crippen LogP contribution in [-0.4, -0.2) is 32.4 Å². The second-order valence-electron chi connectivity index (χ2n) is 14.9. The van der Waals surface area contributed by atoms with Crippen LogP contribution in [0.4, 0.5) is 0 Å². The van der Waals surface area contributed by atoms with Crippen molar-refractivity contribution in [3.8, 4) is 34.2 Å². The fourth-order valence-electron chi connectivity index (χ4n) is 9.76. The third-order valence-electron chi connectivity index (χ3n) is 12.0. The second kappa shape index (κ2) is 12.5. The van der Waals surface area contributed by atoms with Crippen molar-refractivity contribution in [1.82, 2.24) is 19.1 Å². The van der Waals surface area contributed by atoms with Gasteiger partial charge in [-0.2, -0.15) is 0 Å². The molecule has 0 atom stereocenters. The summed E-state index contributed by atoms with van der Waals surface area (Å²) < 4.78 is 10.3. The van der Waals surface area contributed by atoms with Gasteiger partial charge in [0.2, 0.25) is 0 Å². The molecule has 0 saturated carbocycles. The van der Waals surface area contributed by atoms with Crippen LogP contribution in [0.1, 0.15) is 0 Å². The van der Waals surface area contributed by atoms with Gasteiger partial charge in [0.25, 0.3) is 0 Å². The van der Waals surface area contributed by atoms with E-state index in [0.29, 0.717) is 0 Å². The van der Waals surface area contributed by atoms with Gasteiger partial charge in [-0.15, -0.1) is 0 Å². The standard InChI is InChI=1S/C52H34GeN4/c1-5-19-35(20-6-1)51-54-50-39-27-13-16-30-42(39)53(36-21-7-2-8-22-36,37-23-9-3-10-24-37)49(50)52(55-51)57-44-32-18-15-29-41(44)48-46(57)34-33-45-47(48)40-28-14-17-31-43(40)56(45)38-25-11-4-12-26-38/h1-34H. The molecule has 266 valence electrons. The van der Waals surface area contributed by atoms with E-state index in [1.54, 1.807) is 0 Å². The Labute approximate surface area is 332 Å². The maximum atomic E-state index is 5.78. The molecular weight excluding hydrogens is 753 g/mol. The summed E-state index contributed by atoms with van der Waals surface area (Å²) in [4.78, 5) is 11.4. The van der Waals surface area contributed by atoms with Crippen molar-refractivity contribution in [3.63, 3.8) is 0 Å². The molecule has 3 aromatic heterocycles. The third kappa shape index (κ3) is 4.50. The minimum absolute atomic E-state index is 0.728. The zero-order chi connectivity index (χ0) is 37.5. The van der Waals surface area contributed by atoms with Gasteiger partial charge in [0.1, 0.15) is 0 Å². The molecule has 0 aliphatic carbocycles. The molecule has 0 N–H and O–H groups in total. The molecule has 4 heterocycles. The first-order valence-corrected chi connectivity index (χ1v) is 23.7. The fraction of sp³-hybridized carbons (Fsp3) is 0. The Morgan fingerprint density at radius 1 is 0.386 bits per heavy atom. The summed E-state index contributed by atoms with van der Waals surface area (Å²) in [5.41, 5.74) is 9.02. The van der Waals surface area contributed by atoms with Gasteiger partial charge in [-0.1, -0.05) is 0 Å². The molecule has 1 aliphatic rings. The third-order valence-corrected chi connectivity index (χ3v) is 22.2. The average molecular weight is 787 g/mol. The Morgan fingerprint density at radius 3 is 1.51 bits per heavy atom. The predicted octanol–water partition coefficient (Wildman–Crippen LogP) is 9.70. The topological polar surface area (TPSA) is 35.6 Å². The van der Waals surface area contributed by atoms with Gasteiger partial charge in [-0.25, -0.2) is 0 Å². The van der Waals surface area contributed by atoms with Crippen LogP contribution >= 0.6 is 0 Å². The summed E-state index contributed by atoms with van der Waals surface area (Å²) >= 11 is -3.82. The summed E-state index contributed by atoms with van der Waals surface area (Å²) in [6, 6.07) is 75.1. The Morgan fingerprint density at radius 2 is 0.877 bits per heavy atom. The molecule has 1 aliphatic heterocycles. The monoisotopic (exact) mass is 788 g/mol. The number of aromatic nitrogens is 4. The summed E-state index contributed by atoms with van der Waals surface area (Å²) in [7, 11) is 0. The Kier molecular flexibility index (Phi) is 7.07. The first-order chi connectivity index (χ1) is 28.3. The average Bonchev–Trinajstić information content (AvgIpc) is 3.92. The van der Waals surface area contributed by atoms with E-state index in [4.69, 9.17) is 9.97 Å². The molecule has 8 aromatic carbocycles. The number of hydrogen-bond donors (Lipinski definition) is 0. The van der Waals surface area contributed by atoms with Crippen LogP contribution in [0.3, 0.4) is 0 Å². The van der Waals surface area contributed by atoms with E-state index in [-0.39, 0.29) is 0 Å². The minimum atomic E-state index is -3.82. The maximum absolute atomic E-state index is 5.78. The molecule has 57 heavy (non-hydrogen) atoms. The van der Waals surface area contributed by atoms with Crippen LogP contribution in [0.25, 0.3) is 77.8 Å². The van der Waals surface area contributed by atoms with Crippen LogP contribution < -0.4 is 17.6 Å². The Bertz CT molecular complexity index is 3290. The molecule has 0 amide bonds. The van der Waals surface area contributed by atoms with Gasteiger partial charge >= 0.3 is 334 Å². The van der Waals surface area contributed by atoms with Crippen molar-refractivity contribution < 1.29 is 0 Å². The normalized spacial score (nSPS) is 13.1. The number of para-hydroxylation sites is 3. The summed E-state index contributed by atoms with van der Waals surface area (Å²) in [6.07, 6.45) is 0. The van der Waals surface area contributed by atoms with Gasteiger partial charge in [0, 0.05) is 0 Å². The summed E-state index contributed by atoms with van der Waals surface area (Å²) in [5, 5.41) is 4.92. The van der Waals surface area contributed by atoms with E-state index in [1.165, 1.54) is 55.7 Å². The van der Waals surface area contributed by atoms with Gasteiger partial charge < -0.3 is 0 Å². The van der Waals surface area contributed by atoms with Crippen LogP contribution in [0, 0.1) is 0 Å². The zero-order valence-electron chi connectivity index (χ0n) is 30.9. The Hall–Kier alpha value is -7.02. The van der Waals surface area contributed by atoms with E-state index in [9.17, 15) is 0 Å². The number of hydrogen-bond acceptors (Lipinski definition) is 2. The molecule has 0 radical (unpaired) electrons. The number of rotatable bonds is 5. The molecule has 11 aromatic rings. The van der Waals surface area contributed by atoms with Crippen LogP contribution in [0.15, 0.2) is 206 Å². The van der Waals surface area contributed by atoms with Crippen LogP contribution in [-0.2, 0) is 0 Å². The molecule has 0 saturated heterocycles. The van der Waals surface area contributed by atoms with E-state index >= 15 is 0 Å². The van der Waals surface area contributed by atoms with E-state index in [2.05, 4.69) is 215 Å². The van der Waals surface area contributed by atoms with E-state index < -0.39 is 13.3 Å². The number of nitrogens with zero attached hydrogens (tertiary/aromatic N) is 4. The van der Waals surface area contributed by atoms with Gasteiger partial charge in [0.15, 0.2) is 0 Å². The van der Waals surface area contributed by atoms with E-state index in [1.807, 2.05) is 0 Å². The Balaban J connectivity index is 1.29. The van der Waals surface area contributed by atoms with Crippen molar-refractivity contribution in [2.75, 3.05) is 0 Å². The quantitative estimate of drug-likeness (QED) is 0.163. The molecule has 4 nitrogen and oxygen atoms in total. The number of benzene rings is 8. The first-order valence-electron chi connectivity index (χ1n) is 19.5. The van der Waals surface area contributed by atoms with Crippen molar-refractivity contribution in [2.45, 2.75) is 0 Å². The van der Waals surface area contributed by atoms with Crippen LogP contribution in [0.2, 0.25) is 0 Å². The molecule has 0 fully saturated rings. The molecule has 0 bridgehead atoms. The zero-order valence-corrected chi connectivity index (χ0v) is 33.0.